The minimum atomic E-state index is -0.380. The molecule has 1 unspecified atom stereocenters. The van der Waals surface area contributed by atoms with Crippen molar-refractivity contribution >= 4 is 6.03 Å². The average molecular weight is 334 g/mol. The number of rotatable bonds is 7. The van der Waals surface area contributed by atoms with Gasteiger partial charge in [0.05, 0.1) is 6.10 Å². The highest BCUT2D eigenvalue weighted by molar-refractivity contribution is 5.74. The van der Waals surface area contributed by atoms with E-state index in [1.54, 1.807) is 0 Å². The molecule has 0 aliphatic carbocycles. The van der Waals surface area contributed by atoms with E-state index < -0.39 is 0 Å². The molecule has 1 heterocycles. The first kappa shape index (κ1) is 18.7. The van der Waals surface area contributed by atoms with Gasteiger partial charge in [-0.15, -0.1) is 0 Å². The highest BCUT2D eigenvalue weighted by atomic mass is 16.3. The van der Waals surface area contributed by atoms with Gasteiger partial charge < -0.3 is 15.3 Å². The third-order valence-corrected chi connectivity index (χ3v) is 4.27. The van der Waals surface area contributed by atoms with Crippen molar-refractivity contribution in [1.29, 1.82) is 0 Å². The van der Waals surface area contributed by atoms with Crippen molar-refractivity contribution in [2.24, 2.45) is 0 Å². The van der Waals surface area contributed by atoms with Crippen LogP contribution in [0.1, 0.15) is 12.5 Å². The van der Waals surface area contributed by atoms with Crippen LogP contribution < -0.4 is 5.32 Å². The summed E-state index contributed by atoms with van der Waals surface area (Å²) in [6.45, 7) is 7.79. The van der Waals surface area contributed by atoms with Crippen LogP contribution in [-0.2, 0) is 6.54 Å². The SMILES string of the molecule is CCNC(=O)N1CCN(CC(O)CN(C)Cc2ccccc2)CC1. The number of aliphatic hydroxyl groups excluding tert-OH is 1. The summed E-state index contributed by atoms with van der Waals surface area (Å²) in [4.78, 5) is 18.0. The van der Waals surface area contributed by atoms with Gasteiger partial charge in [-0.1, -0.05) is 30.3 Å². The number of benzene rings is 1. The second-order valence-corrected chi connectivity index (χ2v) is 6.46. The largest absolute Gasteiger partial charge is 0.390 e. The third-order valence-electron chi connectivity index (χ3n) is 4.27. The van der Waals surface area contributed by atoms with Gasteiger partial charge >= 0.3 is 6.03 Å². The topological polar surface area (TPSA) is 59.1 Å². The number of carbonyl (C=O) groups excluding carboxylic acids is 1. The Labute approximate surface area is 145 Å². The van der Waals surface area contributed by atoms with Gasteiger partial charge in [0, 0.05) is 52.4 Å². The van der Waals surface area contributed by atoms with Crippen molar-refractivity contribution in [3.8, 4) is 0 Å². The molecule has 1 fully saturated rings. The molecule has 1 aromatic rings. The summed E-state index contributed by atoms with van der Waals surface area (Å²) in [6.07, 6.45) is -0.380. The van der Waals surface area contributed by atoms with E-state index in [9.17, 15) is 9.90 Å². The van der Waals surface area contributed by atoms with Crippen molar-refractivity contribution in [2.45, 2.75) is 19.6 Å². The molecule has 6 nitrogen and oxygen atoms in total. The molecule has 1 aliphatic rings. The lowest BCUT2D eigenvalue weighted by molar-refractivity contribution is 0.0605. The molecule has 2 rings (SSSR count). The standard InChI is InChI=1S/C18H30N4O2/c1-3-19-18(24)22-11-9-21(10-12-22)15-17(23)14-20(2)13-16-7-5-4-6-8-16/h4-8,17,23H,3,9-15H2,1-2H3,(H,19,24). The predicted octanol–water partition coefficient (Wildman–Crippen LogP) is 0.826. The number of nitrogens with one attached hydrogen (secondary N) is 1. The maximum absolute atomic E-state index is 11.8. The van der Waals surface area contributed by atoms with Gasteiger partial charge in [0.15, 0.2) is 0 Å². The zero-order valence-corrected chi connectivity index (χ0v) is 14.8. The Kier molecular flexibility index (Phi) is 7.49. The van der Waals surface area contributed by atoms with Crippen LogP contribution >= 0.6 is 0 Å². The second-order valence-electron chi connectivity index (χ2n) is 6.46. The van der Waals surface area contributed by atoms with E-state index >= 15 is 0 Å². The first-order chi connectivity index (χ1) is 11.6. The molecule has 2 amide bonds. The number of urea groups is 1. The van der Waals surface area contributed by atoms with Crippen molar-refractivity contribution in [3.05, 3.63) is 35.9 Å². The third kappa shape index (κ3) is 6.11. The van der Waals surface area contributed by atoms with Gasteiger partial charge in [0.1, 0.15) is 0 Å². The number of β-amino-alcohol motifs (C(OH)–C–C–N with tert-alkyl or cyclic N) is 1. The Bertz CT molecular complexity index is 489. The van der Waals surface area contributed by atoms with Crippen LogP contribution in [0, 0.1) is 0 Å². The van der Waals surface area contributed by atoms with Crippen molar-refractivity contribution in [3.63, 3.8) is 0 Å². The number of hydrogen-bond donors (Lipinski definition) is 2. The summed E-state index contributed by atoms with van der Waals surface area (Å²) in [5.74, 6) is 0. The van der Waals surface area contributed by atoms with Crippen LogP contribution in [0.4, 0.5) is 4.79 Å². The van der Waals surface area contributed by atoms with Crippen LogP contribution in [0.15, 0.2) is 30.3 Å². The lowest BCUT2D eigenvalue weighted by atomic mass is 10.2. The Balaban J connectivity index is 1.67. The molecule has 0 bridgehead atoms. The van der Waals surface area contributed by atoms with Gasteiger partial charge in [-0.25, -0.2) is 4.79 Å². The number of amides is 2. The molecule has 1 saturated heterocycles. The summed E-state index contributed by atoms with van der Waals surface area (Å²) >= 11 is 0. The van der Waals surface area contributed by atoms with Crippen molar-refractivity contribution in [1.82, 2.24) is 20.0 Å². The number of nitrogens with zero attached hydrogens (tertiary/aromatic N) is 3. The molecule has 1 aromatic carbocycles. The molecule has 24 heavy (non-hydrogen) atoms. The first-order valence-electron chi connectivity index (χ1n) is 8.74. The second kappa shape index (κ2) is 9.61. The maximum Gasteiger partial charge on any atom is 0.317 e. The van der Waals surface area contributed by atoms with E-state index in [1.165, 1.54) is 5.56 Å². The van der Waals surface area contributed by atoms with Crippen LogP contribution in [0.25, 0.3) is 0 Å². The molecule has 0 aromatic heterocycles. The van der Waals surface area contributed by atoms with E-state index in [-0.39, 0.29) is 12.1 Å². The zero-order valence-electron chi connectivity index (χ0n) is 14.8. The predicted molar refractivity (Wildman–Crippen MR) is 95.9 cm³/mol. The summed E-state index contributed by atoms with van der Waals surface area (Å²) < 4.78 is 0. The van der Waals surface area contributed by atoms with E-state index in [2.05, 4.69) is 27.2 Å². The van der Waals surface area contributed by atoms with Crippen LogP contribution in [0.3, 0.4) is 0 Å². The molecule has 1 aliphatic heterocycles. The fourth-order valence-electron chi connectivity index (χ4n) is 3.07. The molecule has 1 atom stereocenters. The molecule has 0 saturated carbocycles. The Morgan fingerprint density at radius 3 is 2.54 bits per heavy atom. The molecular formula is C18H30N4O2. The Morgan fingerprint density at radius 2 is 1.92 bits per heavy atom. The van der Waals surface area contributed by atoms with E-state index in [0.717, 1.165) is 32.7 Å². The van der Waals surface area contributed by atoms with Gasteiger partial charge in [0.25, 0.3) is 0 Å². The van der Waals surface area contributed by atoms with Crippen LogP contribution in [-0.4, -0.2) is 84.8 Å². The number of piperazine rings is 1. The number of aliphatic hydroxyl groups is 1. The quantitative estimate of drug-likeness (QED) is 0.775. The normalized spacial score (nSPS) is 17.1. The van der Waals surface area contributed by atoms with Crippen molar-refractivity contribution < 1.29 is 9.90 Å². The maximum atomic E-state index is 11.8. The van der Waals surface area contributed by atoms with Gasteiger partial charge in [-0.05, 0) is 19.5 Å². The smallest absolute Gasteiger partial charge is 0.317 e. The summed E-state index contributed by atoms with van der Waals surface area (Å²) in [6, 6.07) is 10.3. The van der Waals surface area contributed by atoms with Crippen molar-refractivity contribution in [2.75, 3.05) is 52.9 Å². The lowest BCUT2D eigenvalue weighted by Gasteiger charge is -2.36. The molecule has 6 heteroatoms. The molecule has 0 radical (unpaired) electrons. The fourth-order valence-corrected chi connectivity index (χ4v) is 3.07. The molecule has 2 N–H and O–H groups in total. The minimum absolute atomic E-state index is 0.0142. The Morgan fingerprint density at radius 1 is 1.25 bits per heavy atom. The number of hydrogen-bond acceptors (Lipinski definition) is 4. The zero-order chi connectivity index (χ0) is 17.4. The number of likely N-dealkylation sites (N-methyl/N-ethyl adjacent to an activating group) is 1. The van der Waals surface area contributed by atoms with Gasteiger partial charge in [-0.3, -0.25) is 9.80 Å². The molecule has 0 spiro atoms. The Hall–Kier alpha value is -1.63. The number of carbonyl (C=O) groups is 1. The fraction of sp³-hybridized carbons (Fsp3) is 0.611. The summed E-state index contributed by atoms with van der Waals surface area (Å²) in [5.41, 5.74) is 1.25. The van der Waals surface area contributed by atoms with Crippen LogP contribution in [0.5, 0.6) is 0 Å². The lowest BCUT2D eigenvalue weighted by Crippen LogP contribution is -2.53. The van der Waals surface area contributed by atoms with E-state index in [1.807, 2.05) is 37.1 Å². The van der Waals surface area contributed by atoms with E-state index in [4.69, 9.17) is 0 Å². The minimum Gasteiger partial charge on any atom is -0.390 e. The summed E-state index contributed by atoms with van der Waals surface area (Å²) in [7, 11) is 2.03. The average Bonchev–Trinajstić information content (AvgIpc) is 2.56. The van der Waals surface area contributed by atoms with Crippen LogP contribution in [0.2, 0.25) is 0 Å². The first-order valence-corrected chi connectivity index (χ1v) is 8.74. The monoisotopic (exact) mass is 334 g/mol. The highest BCUT2D eigenvalue weighted by Crippen LogP contribution is 2.06. The highest BCUT2D eigenvalue weighted by Gasteiger charge is 2.22. The molecule has 134 valence electrons. The molecular weight excluding hydrogens is 304 g/mol. The van der Waals surface area contributed by atoms with Gasteiger partial charge in [0.2, 0.25) is 0 Å². The van der Waals surface area contributed by atoms with E-state index in [0.29, 0.717) is 19.6 Å². The van der Waals surface area contributed by atoms with Gasteiger partial charge in [-0.2, -0.15) is 0 Å². The summed E-state index contributed by atoms with van der Waals surface area (Å²) in [5, 5.41) is 13.2.